The number of esters is 2. The van der Waals surface area contributed by atoms with Crippen molar-refractivity contribution in [1.82, 2.24) is 4.98 Å². The van der Waals surface area contributed by atoms with Gasteiger partial charge in [0.15, 0.2) is 5.44 Å². The summed E-state index contributed by atoms with van der Waals surface area (Å²) in [7, 11) is 0. The van der Waals surface area contributed by atoms with Crippen molar-refractivity contribution in [3.05, 3.63) is 47.7 Å². The minimum atomic E-state index is -0.365. The van der Waals surface area contributed by atoms with E-state index in [1.54, 1.807) is 30.9 Å². The van der Waals surface area contributed by atoms with Crippen LogP contribution < -0.4 is 0 Å². The van der Waals surface area contributed by atoms with Crippen LogP contribution >= 0.6 is 11.8 Å². The lowest BCUT2D eigenvalue weighted by molar-refractivity contribution is -0.153. The van der Waals surface area contributed by atoms with Crippen LogP contribution in [-0.2, 0) is 24.4 Å². The Morgan fingerprint density at radius 1 is 1.19 bits per heavy atom. The molecule has 1 unspecified atom stereocenters. The average Bonchev–Trinajstić information content (AvgIpc) is 2.79. The summed E-state index contributed by atoms with van der Waals surface area (Å²) < 4.78 is 16.3. The van der Waals surface area contributed by atoms with E-state index in [-0.39, 0.29) is 28.7 Å². The monoisotopic (exact) mass is 455 g/mol. The molecule has 2 aliphatic heterocycles. The summed E-state index contributed by atoms with van der Waals surface area (Å²) in [6.07, 6.45) is 3.78. The highest BCUT2D eigenvalue weighted by Crippen LogP contribution is 2.47. The van der Waals surface area contributed by atoms with E-state index in [0.29, 0.717) is 25.4 Å². The Kier molecular flexibility index (Phi) is 6.86. The van der Waals surface area contributed by atoms with E-state index in [0.717, 1.165) is 35.4 Å². The summed E-state index contributed by atoms with van der Waals surface area (Å²) in [5.41, 5.74) is 3.11. The number of aromatic nitrogens is 1. The zero-order valence-electron chi connectivity index (χ0n) is 18.8. The second-order valence-corrected chi connectivity index (χ2v) is 10.0. The Morgan fingerprint density at radius 3 is 2.66 bits per heavy atom. The lowest BCUT2D eigenvalue weighted by atomic mass is 9.80. The Bertz CT molecular complexity index is 982. The molecule has 0 saturated carbocycles. The number of hydrogen-bond acceptors (Lipinski definition) is 7. The van der Waals surface area contributed by atoms with Gasteiger partial charge in [0.2, 0.25) is 0 Å². The van der Waals surface area contributed by atoms with Gasteiger partial charge in [-0.25, -0.2) is 4.79 Å². The molecule has 0 N–H and O–H groups in total. The summed E-state index contributed by atoms with van der Waals surface area (Å²) in [6, 6.07) is 9.84. The van der Waals surface area contributed by atoms with Gasteiger partial charge in [0.1, 0.15) is 0 Å². The van der Waals surface area contributed by atoms with Crippen LogP contribution in [-0.4, -0.2) is 42.2 Å². The summed E-state index contributed by atoms with van der Waals surface area (Å²) in [5, 5.41) is 0. The van der Waals surface area contributed by atoms with Crippen LogP contribution in [0.3, 0.4) is 0 Å². The van der Waals surface area contributed by atoms with Gasteiger partial charge in [-0.3, -0.25) is 9.78 Å². The lowest BCUT2D eigenvalue weighted by Gasteiger charge is -2.37. The first-order chi connectivity index (χ1) is 15.4. The predicted octanol–water partition coefficient (Wildman–Crippen LogP) is 4.99. The second kappa shape index (κ2) is 9.63. The van der Waals surface area contributed by atoms with Crippen LogP contribution in [0, 0.1) is 5.92 Å². The van der Waals surface area contributed by atoms with Crippen LogP contribution in [0.4, 0.5) is 0 Å². The average molecular weight is 456 g/mol. The molecule has 6 nitrogen and oxygen atoms in total. The van der Waals surface area contributed by atoms with Crippen molar-refractivity contribution in [3.63, 3.8) is 0 Å². The molecular weight excluding hydrogens is 426 g/mol. The number of carbonyl (C=O) groups is 2. The maximum absolute atomic E-state index is 12.6. The van der Waals surface area contributed by atoms with E-state index in [2.05, 4.69) is 31.0 Å². The topological polar surface area (TPSA) is 74.7 Å². The Labute approximate surface area is 193 Å². The number of pyridine rings is 1. The van der Waals surface area contributed by atoms with Crippen LogP contribution in [0.15, 0.2) is 41.4 Å². The number of nitrogens with zero attached hydrogens (tertiary/aromatic N) is 1. The molecule has 2 aromatic rings. The third kappa shape index (κ3) is 4.99. The Balaban J connectivity index is 1.50. The molecule has 0 spiro atoms. The number of rotatable bonds is 5. The van der Waals surface area contributed by atoms with Crippen molar-refractivity contribution in [1.29, 1.82) is 0 Å². The van der Waals surface area contributed by atoms with Gasteiger partial charge in [-0.15, -0.1) is 0 Å². The molecule has 0 bridgehead atoms. The van der Waals surface area contributed by atoms with Gasteiger partial charge in [-0.1, -0.05) is 31.7 Å². The highest BCUT2D eigenvalue weighted by Gasteiger charge is 2.37. The smallest absolute Gasteiger partial charge is 0.339 e. The van der Waals surface area contributed by atoms with Gasteiger partial charge in [0, 0.05) is 36.3 Å². The second-order valence-electron chi connectivity index (χ2n) is 8.82. The molecule has 170 valence electrons. The fraction of sp³-hybridized carbons (Fsp3) is 0.480. The van der Waals surface area contributed by atoms with Crippen LogP contribution in [0.5, 0.6) is 0 Å². The van der Waals surface area contributed by atoms with Crippen molar-refractivity contribution in [3.8, 4) is 11.3 Å². The Morgan fingerprint density at radius 2 is 1.97 bits per heavy atom. The SMILES string of the molecule is CCOC(=O)c1ccc(-c2ccc3c(c2)C(C)(C)CC(OC(=O)C2CCOCC2)S3)nc1. The molecule has 3 heterocycles. The number of fused-ring (bicyclic) bond motifs is 1. The molecule has 1 aromatic heterocycles. The fourth-order valence-corrected chi connectivity index (χ4v) is 5.69. The molecule has 0 aliphatic carbocycles. The number of hydrogen-bond donors (Lipinski definition) is 0. The molecule has 0 radical (unpaired) electrons. The van der Waals surface area contributed by atoms with E-state index in [1.807, 2.05) is 12.1 Å². The molecule has 4 rings (SSSR count). The maximum Gasteiger partial charge on any atom is 0.339 e. The molecule has 1 aromatic carbocycles. The fourth-order valence-electron chi connectivity index (χ4n) is 4.16. The summed E-state index contributed by atoms with van der Waals surface area (Å²) in [5.74, 6) is -0.525. The quantitative estimate of drug-likeness (QED) is 0.588. The molecule has 0 amide bonds. The highest BCUT2D eigenvalue weighted by atomic mass is 32.2. The van der Waals surface area contributed by atoms with Gasteiger partial charge in [0.05, 0.1) is 23.8 Å². The summed E-state index contributed by atoms with van der Waals surface area (Å²) in [6.45, 7) is 7.74. The largest absolute Gasteiger partial charge is 0.462 e. The molecular formula is C25H29NO5S. The zero-order chi connectivity index (χ0) is 22.7. The summed E-state index contributed by atoms with van der Waals surface area (Å²) in [4.78, 5) is 30.1. The minimum Gasteiger partial charge on any atom is -0.462 e. The number of carbonyl (C=O) groups excluding carboxylic acids is 2. The van der Waals surface area contributed by atoms with Crippen molar-refractivity contribution >= 4 is 23.7 Å². The van der Waals surface area contributed by atoms with Gasteiger partial charge >= 0.3 is 11.9 Å². The van der Waals surface area contributed by atoms with Crippen molar-refractivity contribution in [2.75, 3.05) is 19.8 Å². The first kappa shape index (κ1) is 22.8. The normalized spacial score (nSPS) is 20.3. The van der Waals surface area contributed by atoms with E-state index in [9.17, 15) is 9.59 Å². The van der Waals surface area contributed by atoms with Crippen molar-refractivity contribution < 1.29 is 23.8 Å². The third-order valence-corrected chi connectivity index (χ3v) is 7.15. The minimum absolute atomic E-state index is 0.0557. The third-order valence-electron chi connectivity index (χ3n) is 6.02. The molecule has 1 atom stereocenters. The van der Waals surface area contributed by atoms with E-state index in [1.165, 1.54) is 5.56 Å². The molecule has 1 fully saturated rings. The van der Waals surface area contributed by atoms with Gasteiger partial charge in [-0.2, -0.15) is 0 Å². The standard InChI is InChI=1S/C25H29NO5S/c1-4-30-23(27)18-5-7-20(26-15-18)17-6-8-21-19(13-17)25(2,3)14-22(32-21)31-24(28)16-9-11-29-12-10-16/h5-8,13,15-16,22H,4,9-12,14H2,1-3H3. The van der Waals surface area contributed by atoms with Gasteiger partial charge in [0.25, 0.3) is 0 Å². The summed E-state index contributed by atoms with van der Waals surface area (Å²) >= 11 is 1.61. The van der Waals surface area contributed by atoms with Gasteiger partial charge < -0.3 is 14.2 Å². The van der Waals surface area contributed by atoms with Crippen molar-refractivity contribution in [2.45, 2.75) is 55.8 Å². The van der Waals surface area contributed by atoms with Crippen LogP contribution in [0.1, 0.15) is 56.0 Å². The Hall–Kier alpha value is -2.38. The van der Waals surface area contributed by atoms with E-state index < -0.39 is 0 Å². The number of ether oxygens (including phenoxy) is 3. The zero-order valence-corrected chi connectivity index (χ0v) is 19.6. The van der Waals surface area contributed by atoms with E-state index >= 15 is 0 Å². The number of benzene rings is 1. The molecule has 2 aliphatic rings. The van der Waals surface area contributed by atoms with Crippen molar-refractivity contribution in [2.24, 2.45) is 5.92 Å². The van der Waals surface area contributed by atoms with Crippen LogP contribution in [0.2, 0.25) is 0 Å². The van der Waals surface area contributed by atoms with E-state index in [4.69, 9.17) is 14.2 Å². The predicted molar refractivity (Wildman–Crippen MR) is 123 cm³/mol. The molecule has 7 heteroatoms. The first-order valence-corrected chi connectivity index (χ1v) is 12.0. The van der Waals surface area contributed by atoms with Gasteiger partial charge in [-0.05, 0) is 55.0 Å². The molecule has 1 saturated heterocycles. The highest BCUT2D eigenvalue weighted by molar-refractivity contribution is 7.99. The molecule has 32 heavy (non-hydrogen) atoms. The lowest BCUT2D eigenvalue weighted by Crippen LogP contribution is -2.33. The van der Waals surface area contributed by atoms with Crippen LogP contribution in [0.25, 0.3) is 11.3 Å². The first-order valence-electron chi connectivity index (χ1n) is 11.1. The number of thioether (sulfide) groups is 1. The maximum atomic E-state index is 12.6.